The van der Waals surface area contributed by atoms with Crippen LogP contribution < -0.4 is 0 Å². The Balaban J connectivity index is 3.85. The molecule has 0 aliphatic heterocycles. The molecule has 3 nitrogen and oxygen atoms in total. The lowest BCUT2D eigenvalue weighted by molar-refractivity contribution is 0.132. The Hall–Kier alpha value is -0.773. The Morgan fingerprint density at radius 2 is 2.23 bits per heavy atom. The average molecular weight is 201 g/mol. The second-order valence-corrected chi connectivity index (χ2v) is 5.90. The molecule has 0 heterocycles. The number of hydrogen-bond donors (Lipinski definition) is 0. The van der Waals surface area contributed by atoms with Gasteiger partial charge in [-0.15, -0.1) is 0 Å². The van der Waals surface area contributed by atoms with Gasteiger partial charge in [-0.25, -0.2) is 4.79 Å². The van der Waals surface area contributed by atoms with Crippen LogP contribution in [0.15, 0.2) is 12.8 Å². The van der Waals surface area contributed by atoms with Gasteiger partial charge in [0.15, 0.2) is 0 Å². The highest BCUT2D eigenvalue weighted by molar-refractivity contribution is 6.55. The molecule has 0 spiro atoms. The van der Waals surface area contributed by atoms with Crippen LogP contribution in [0.1, 0.15) is 19.8 Å². The minimum Gasteiger partial charge on any atom is -0.450 e. The minimum absolute atomic E-state index is 0.245. The van der Waals surface area contributed by atoms with E-state index in [0.29, 0.717) is 6.61 Å². The summed E-state index contributed by atoms with van der Waals surface area (Å²) in [5.41, 5.74) is 0. The summed E-state index contributed by atoms with van der Waals surface area (Å²) in [6.45, 7) is 10.3. The van der Waals surface area contributed by atoms with Crippen molar-refractivity contribution in [1.82, 2.24) is 4.57 Å². The van der Waals surface area contributed by atoms with Crippen molar-refractivity contribution >= 4 is 15.1 Å². The fourth-order valence-electron chi connectivity index (χ4n) is 0.875. The van der Waals surface area contributed by atoms with Gasteiger partial charge in [0.25, 0.3) is 0 Å². The summed E-state index contributed by atoms with van der Waals surface area (Å²) < 4.78 is 6.67. The summed E-state index contributed by atoms with van der Waals surface area (Å²) in [5.74, 6) is 0. The highest BCUT2D eigenvalue weighted by atomic mass is 28.3. The van der Waals surface area contributed by atoms with Crippen LogP contribution >= 0.6 is 0 Å². The molecule has 0 unspecified atom stereocenters. The van der Waals surface area contributed by atoms with Gasteiger partial charge in [-0.05, 0) is 12.6 Å². The molecule has 0 bridgehead atoms. The topological polar surface area (TPSA) is 29.5 Å². The highest BCUT2D eigenvalue weighted by Crippen LogP contribution is 2.00. The number of hydrogen-bond acceptors (Lipinski definition) is 2. The number of carbonyl (C=O) groups is 1. The maximum Gasteiger partial charge on any atom is 0.405 e. The van der Waals surface area contributed by atoms with Crippen LogP contribution in [0.4, 0.5) is 4.79 Å². The van der Waals surface area contributed by atoms with Gasteiger partial charge in [0.05, 0.1) is 6.61 Å². The van der Waals surface area contributed by atoms with Gasteiger partial charge in [-0.1, -0.05) is 33.0 Å². The maximum absolute atomic E-state index is 11.4. The lowest BCUT2D eigenvalue weighted by Crippen LogP contribution is -2.35. The molecule has 0 saturated heterocycles. The molecular weight excluding hydrogens is 182 g/mol. The van der Waals surface area contributed by atoms with E-state index in [-0.39, 0.29) is 6.09 Å². The summed E-state index contributed by atoms with van der Waals surface area (Å²) in [5, 5.41) is 0. The zero-order chi connectivity index (χ0) is 10.3. The Bertz CT molecular complexity index is 171. The molecule has 0 aromatic carbocycles. The number of unbranched alkanes of at least 4 members (excludes halogenated alkanes) is 1. The van der Waals surface area contributed by atoms with Crippen molar-refractivity contribution in [2.45, 2.75) is 32.9 Å². The first-order chi connectivity index (χ1) is 6.13. The fraction of sp³-hybridized carbons (Fsp3) is 0.667. The standard InChI is InChI=1S/C9H19NO2Si/c1-5-7-8-12-9(11)10(6-2)13(3)4/h6,13H,2,5,7-8H2,1,3-4H3. The largest absolute Gasteiger partial charge is 0.450 e. The number of carbonyl (C=O) groups excluding carboxylic acids is 1. The minimum atomic E-state index is -1.15. The van der Waals surface area contributed by atoms with Gasteiger partial charge in [-0.3, -0.25) is 0 Å². The third kappa shape index (κ3) is 4.72. The summed E-state index contributed by atoms with van der Waals surface area (Å²) in [6, 6.07) is 0. The third-order valence-electron chi connectivity index (χ3n) is 1.69. The van der Waals surface area contributed by atoms with Crippen LogP contribution in [0, 0.1) is 0 Å². The molecular formula is C9H19NO2Si. The molecule has 4 heteroatoms. The Labute approximate surface area is 82.1 Å². The van der Waals surface area contributed by atoms with Crippen molar-refractivity contribution in [3.63, 3.8) is 0 Å². The van der Waals surface area contributed by atoms with E-state index >= 15 is 0 Å². The maximum atomic E-state index is 11.4. The van der Waals surface area contributed by atoms with E-state index in [0.717, 1.165) is 12.8 Å². The van der Waals surface area contributed by atoms with E-state index in [1.165, 1.54) is 0 Å². The molecule has 1 amide bonds. The molecule has 13 heavy (non-hydrogen) atoms. The molecule has 0 rings (SSSR count). The number of rotatable bonds is 5. The predicted molar refractivity (Wildman–Crippen MR) is 57.2 cm³/mol. The second kappa shape index (κ2) is 6.71. The number of ether oxygens (including phenoxy) is 1. The monoisotopic (exact) mass is 201 g/mol. The first-order valence-corrected chi connectivity index (χ1v) is 7.53. The van der Waals surface area contributed by atoms with Gasteiger partial charge < -0.3 is 9.30 Å². The first kappa shape index (κ1) is 12.2. The van der Waals surface area contributed by atoms with Crippen molar-refractivity contribution in [2.24, 2.45) is 0 Å². The number of nitrogens with zero attached hydrogens (tertiary/aromatic N) is 1. The second-order valence-electron chi connectivity index (χ2n) is 3.15. The van der Waals surface area contributed by atoms with Gasteiger partial charge in [0.2, 0.25) is 0 Å². The van der Waals surface area contributed by atoms with E-state index in [4.69, 9.17) is 4.74 Å². The van der Waals surface area contributed by atoms with Gasteiger partial charge in [0, 0.05) is 0 Å². The highest BCUT2D eigenvalue weighted by Gasteiger charge is 2.14. The normalized spacial score (nSPS) is 9.85. The summed E-state index contributed by atoms with van der Waals surface area (Å²) in [6.07, 6.45) is 3.28. The van der Waals surface area contributed by atoms with Crippen LogP contribution in [0.5, 0.6) is 0 Å². The van der Waals surface area contributed by atoms with Crippen molar-refractivity contribution < 1.29 is 9.53 Å². The Kier molecular flexibility index (Phi) is 6.31. The van der Waals surface area contributed by atoms with Crippen LogP contribution in [-0.2, 0) is 4.74 Å². The SMILES string of the molecule is C=CN(C(=O)OCCCC)[SiH](C)C. The van der Waals surface area contributed by atoms with Gasteiger partial charge in [0.1, 0.15) is 8.96 Å². The van der Waals surface area contributed by atoms with Crippen LogP contribution in [-0.4, -0.2) is 26.2 Å². The van der Waals surface area contributed by atoms with E-state index in [1.807, 2.05) is 0 Å². The van der Waals surface area contributed by atoms with Crippen LogP contribution in [0.25, 0.3) is 0 Å². The zero-order valence-electron chi connectivity index (χ0n) is 8.75. The molecule has 0 aliphatic carbocycles. The molecule has 0 N–H and O–H groups in total. The Morgan fingerprint density at radius 3 is 2.62 bits per heavy atom. The van der Waals surface area contributed by atoms with Gasteiger partial charge in [-0.2, -0.15) is 0 Å². The van der Waals surface area contributed by atoms with Crippen LogP contribution in [0.3, 0.4) is 0 Å². The van der Waals surface area contributed by atoms with Crippen molar-refractivity contribution in [3.8, 4) is 0 Å². The van der Waals surface area contributed by atoms with E-state index in [9.17, 15) is 4.79 Å². The third-order valence-corrected chi connectivity index (χ3v) is 3.22. The molecule has 0 radical (unpaired) electrons. The molecule has 76 valence electrons. The summed E-state index contributed by atoms with van der Waals surface area (Å²) in [7, 11) is -1.15. The lowest BCUT2D eigenvalue weighted by Gasteiger charge is -2.20. The fourth-order valence-corrected chi connectivity index (χ4v) is 1.79. The summed E-state index contributed by atoms with van der Waals surface area (Å²) in [4.78, 5) is 11.4. The van der Waals surface area contributed by atoms with Gasteiger partial charge >= 0.3 is 6.09 Å². The molecule has 0 aliphatic rings. The number of amides is 1. The van der Waals surface area contributed by atoms with Crippen molar-refractivity contribution in [1.29, 1.82) is 0 Å². The van der Waals surface area contributed by atoms with E-state index in [1.54, 1.807) is 10.8 Å². The molecule has 0 saturated carbocycles. The first-order valence-electron chi connectivity index (χ1n) is 4.71. The molecule has 0 fully saturated rings. The quantitative estimate of drug-likeness (QED) is 0.505. The Morgan fingerprint density at radius 1 is 1.62 bits per heavy atom. The zero-order valence-corrected chi connectivity index (χ0v) is 9.90. The predicted octanol–water partition coefficient (Wildman–Crippen LogP) is 2.35. The molecule has 0 aromatic rings. The van der Waals surface area contributed by atoms with Crippen molar-refractivity contribution in [3.05, 3.63) is 12.8 Å². The molecule has 0 aromatic heterocycles. The van der Waals surface area contributed by atoms with E-state index < -0.39 is 8.96 Å². The lowest BCUT2D eigenvalue weighted by atomic mass is 10.4. The summed E-state index contributed by atoms with van der Waals surface area (Å²) >= 11 is 0. The average Bonchev–Trinajstić information content (AvgIpc) is 2.05. The van der Waals surface area contributed by atoms with Crippen molar-refractivity contribution in [2.75, 3.05) is 6.61 Å². The molecule has 0 atom stereocenters. The smallest absolute Gasteiger partial charge is 0.405 e. The van der Waals surface area contributed by atoms with Crippen LogP contribution in [0.2, 0.25) is 13.1 Å². The van der Waals surface area contributed by atoms with E-state index in [2.05, 4.69) is 26.6 Å².